The molecule has 0 fully saturated rings. The summed E-state index contributed by atoms with van der Waals surface area (Å²) in [7, 11) is 0. The van der Waals surface area contributed by atoms with Gasteiger partial charge in [-0.25, -0.2) is 4.79 Å². The van der Waals surface area contributed by atoms with Crippen molar-refractivity contribution in [2.45, 2.75) is 13.0 Å². The first-order valence-electron chi connectivity index (χ1n) is 6.57. The van der Waals surface area contributed by atoms with Gasteiger partial charge in [0.05, 0.1) is 0 Å². The van der Waals surface area contributed by atoms with Crippen molar-refractivity contribution in [2.24, 2.45) is 0 Å². The minimum atomic E-state index is -2.87. The summed E-state index contributed by atoms with van der Waals surface area (Å²) in [5.41, 5.74) is 2.24. The number of ether oxygens (including phenoxy) is 1. The van der Waals surface area contributed by atoms with Crippen LogP contribution < -0.4 is 4.74 Å². The monoisotopic (exact) mass is 304 g/mol. The molecule has 0 aliphatic heterocycles. The van der Waals surface area contributed by atoms with Gasteiger partial charge >= 0.3 is 12.6 Å². The average molecular weight is 304 g/mol. The molecule has 2 rings (SSSR count). The van der Waals surface area contributed by atoms with Crippen molar-refractivity contribution in [3.05, 3.63) is 71.3 Å². The van der Waals surface area contributed by atoms with Crippen LogP contribution in [0.5, 0.6) is 5.75 Å². The molecule has 0 amide bonds. The van der Waals surface area contributed by atoms with Gasteiger partial charge in [0, 0.05) is 12.5 Å². The number of rotatable bonds is 6. The molecule has 0 aliphatic carbocycles. The molecule has 5 heteroatoms. The Labute approximate surface area is 126 Å². The highest BCUT2D eigenvalue weighted by molar-refractivity contribution is 5.85. The Balaban J connectivity index is 2.21. The van der Waals surface area contributed by atoms with Crippen LogP contribution in [0.3, 0.4) is 0 Å². The van der Waals surface area contributed by atoms with Gasteiger partial charge in [0.15, 0.2) is 0 Å². The standard InChI is InChI=1S/C17H14F2O3/c18-17(19)22-15-7-2-1-6-14(15)11-13-5-3-4-12(10-13)8-9-16(20)21/h1-10,17H,11H2,(H,20,21). The van der Waals surface area contributed by atoms with Crippen LogP contribution in [0.1, 0.15) is 16.7 Å². The fraction of sp³-hybridized carbons (Fsp3) is 0.118. The summed E-state index contributed by atoms with van der Waals surface area (Å²) < 4.78 is 29.3. The SMILES string of the molecule is O=C(O)C=Cc1cccc(Cc2ccccc2OC(F)F)c1. The van der Waals surface area contributed by atoms with E-state index in [1.807, 2.05) is 6.07 Å². The molecular weight excluding hydrogens is 290 g/mol. The quantitative estimate of drug-likeness (QED) is 0.821. The van der Waals surface area contributed by atoms with Crippen molar-refractivity contribution in [3.63, 3.8) is 0 Å². The van der Waals surface area contributed by atoms with Crippen molar-refractivity contribution < 1.29 is 23.4 Å². The van der Waals surface area contributed by atoms with E-state index in [0.717, 1.165) is 17.2 Å². The molecule has 0 aromatic heterocycles. The van der Waals surface area contributed by atoms with E-state index in [1.165, 1.54) is 12.1 Å². The fourth-order valence-electron chi connectivity index (χ4n) is 2.05. The molecule has 0 saturated carbocycles. The lowest BCUT2D eigenvalue weighted by molar-refractivity contribution is -0.131. The summed E-state index contributed by atoms with van der Waals surface area (Å²) in [4.78, 5) is 10.5. The molecule has 0 bridgehead atoms. The van der Waals surface area contributed by atoms with Gasteiger partial charge in [-0.1, -0.05) is 42.5 Å². The molecule has 0 aliphatic rings. The Hall–Kier alpha value is -2.69. The molecular formula is C17H14F2O3. The minimum Gasteiger partial charge on any atom is -0.478 e. The normalized spacial score (nSPS) is 11.0. The molecule has 0 saturated heterocycles. The lowest BCUT2D eigenvalue weighted by atomic mass is 10.0. The van der Waals surface area contributed by atoms with Gasteiger partial charge < -0.3 is 9.84 Å². The van der Waals surface area contributed by atoms with E-state index in [2.05, 4.69) is 4.74 Å². The van der Waals surface area contributed by atoms with Gasteiger partial charge in [0.25, 0.3) is 0 Å². The van der Waals surface area contributed by atoms with Crippen LogP contribution in [-0.4, -0.2) is 17.7 Å². The molecule has 0 unspecified atom stereocenters. The number of para-hydroxylation sites is 1. The maximum Gasteiger partial charge on any atom is 0.387 e. The molecule has 1 N–H and O–H groups in total. The Kier molecular flexibility index (Phi) is 5.25. The van der Waals surface area contributed by atoms with Gasteiger partial charge in [-0.2, -0.15) is 8.78 Å². The Bertz CT molecular complexity index is 681. The molecule has 114 valence electrons. The number of benzene rings is 2. The number of alkyl halides is 2. The number of carbonyl (C=O) groups is 1. The second kappa shape index (κ2) is 7.36. The summed E-state index contributed by atoms with van der Waals surface area (Å²) in [6, 6.07) is 13.8. The molecule has 3 nitrogen and oxygen atoms in total. The van der Waals surface area contributed by atoms with Crippen LogP contribution in [0.2, 0.25) is 0 Å². The highest BCUT2D eigenvalue weighted by Crippen LogP contribution is 2.23. The first-order chi connectivity index (χ1) is 10.5. The Morgan fingerprint density at radius 3 is 2.68 bits per heavy atom. The number of hydrogen-bond donors (Lipinski definition) is 1. The fourth-order valence-corrected chi connectivity index (χ4v) is 2.05. The van der Waals surface area contributed by atoms with Crippen molar-refractivity contribution >= 4 is 12.0 Å². The molecule has 0 spiro atoms. The van der Waals surface area contributed by atoms with E-state index in [1.54, 1.807) is 36.4 Å². The number of halogens is 2. The first kappa shape index (κ1) is 15.7. The molecule has 0 radical (unpaired) electrons. The Morgan fingerprint density at radius 2 is 1.95 bits per heavy atom. The zero-order valence-corrected chi connectivity index (χ0v) is 11.6. The molecule has 0 atom stereocenters. The third kappa shape index (κ3) is 4.70. The summed E-state index contributed by atoms with van der Waals surface area (Å²) in [5, 5.41) is 8.63. The van der Waals surface area contributed by atoms with Gasteiger partial charge in [0.2, 0.25) is 0 Å². The van der Waals surface area contributed by atoms with Crippen LogP contribution in [0.25, 0.3) is 6.08 Å². The Morgan fingerprint density at radius 1 is 1.18 bits per heavy atom. The second-order valence-corrected chi connectivity index (χ2v) is 4.58. The predicted octanol–water partition coefficient (Wildman–Crippen LogP) is 3.98. The number of carboxylic acid groups (broad SMARTS) is 1. The van der Waals surface area contributed by atoms with Gasteiger partial charge in [-0.05, 0) is 28.8 Å². The predicted molar refractivity (Wildman–Crippen MR) is 79.0 cm³/mol. The van der Waals surface area contributed by atoms with Crippen LogP contribution >= 0.6 is 0 Å². The van der Waals surface area contributed by atoms with Crippen LogP contribution in [-0.2, 0) is 11.2 Å². The maximum absolute atomic E-state index is 12.4. The number of aliphatic carboxylic acids is 1. The van der Waals surface area contributed by atoms with Crippen molar-refractivity contribution in [1.82, 2.24) is 0 Å². The highest BCUT2D eigenvalue weighted by Gasteiger charge is 2.09. The van der Waals surface area contributed by atoms with Crippen molar-refractivity contribution in [1.29, 1.82) is 0 Å². The summed E-state index contributed by atoms with van der Waals surface area (Å²) in [5.74, 6) is -0.884. The highest BCUT2D eigenvalue weighted by atomic mass is 19.3. The van der Waals surface area contributed by atoms with Crippen LogP contribution in [0.4, 0.5) is 8.78 Å². The third-order valence-electron chi connectivity index (χ3n) is 2.95. The van der Waals surface area contributed by atoms with E-state index in [9.17, 15) is 13.6 Å². The van der Waals surface area contributed by atoms with E-state index in [4.69, 9.17) is 5.11 Å². The molecule has 22 heavy (non-hydrogen) atoms. The summed E-state index contributed by atoms with van der Waals surface area (Å²) >= 11 is 0. The second-order valence-electron chi connectivity index (χ2n) is 4.58. The number of hydrogen-bond acceptors (Lipinski definition) is 2. The minimum absolute atomic E-state index is 0.143. The largest absolute Gasteiger partial charge is 0.478 e. The third-order valence-corrected chi connectivity index (χ3v) is 2.95. The van der Waals surface area contributed by atoms with Crippen molar-refractivity contribution in [3.8, 4) is 5.75 Å². The lowest BCUT2D eigenvalue weighted by Crippen LogP contribution is -2.04. The maximum atomic E-state index is 12.4. The zero-order chi connectivity index (χ0) is 15.9. The van der Waals surface area contributed by atoms with Crippen LogP contribution in [0.15, 0.2) is 54.6 Å². The molecule has 0 heterocycles. The smallest absolute Gasteiger partial charge is 0.387 e. The van der Waals surface area contributed by atoms with E-state index >= 15 is 0 Å². The average Bonchev–Trinajstić information content (AvgIpc) is 2.47. The molecule has 2 aromatic carbocycles. The van der Waals surface area contributed by atoms with Gasteiger partial charge in [-0.3, -0.25) is 0 Å². The summed E-state index contributed by atoms with van der Waals surface area (Å²) in [6.45, 7) is -2.87. The van der Waals surface area contributed by atoms with E-state index in [-0.39, 0.29) is 5.75 Å². The topological polar surface area (TPSA) is 46.5 Å². The first-order valence-corrected chi connectivity index (χ1v) is 6.57. The molecule has 2 aromatic rings. The van der Waals surface area contributed by atoms with Crippen LogP contribution in [0, 0.1) is 0 Å². The summed E-state index contributed by atoms with van der Waals surface area (Å²) in [6.07, 6.45) is 2.94. The van der Waals surface area contributed by atoms with Crippen molar-refractivity contribution in [2.75, 3.05) is 0 Å². The van der Waals surface area contributed by atoms with Gasteiger partial charge in [-0.15, -0.1) is 0 Å². The lowest BCUT2D eigenvalue weighted by Gasteiger charge is -2.10. The van der Waals surface area contributed by atoms with E-state index in [0.29, 0.717) is 12.0 Å². The zero-order valence-electron chi connectivity index (χ0n) is 11.6. The van der Waals surface area contributed by atoms with E-state index < -0.39 is 12.6 Å². The van der Waals surface area contributed by atoms with Gasteiger partial charge in [0.1, 0.15) is 5.75 Å². The number of carboxylic acids is 1.